The minimum Gasteiger partial charge on any atom is -0.304 e. The highest BCUT2D eigenvalue weighted by molar-refractivity contribution is 6.01. The van der Waals surface area contributed by atoms with E-state index in [1.165, 1.54) is 4.52 Å². The Morgan fingerprint density at radius 1 is 1.37 bits per heavy atom. The number of carbonyl (C=O) groups excluding carboxylic acids is 1. The quantitative estimate of drug-likeness (QED) is 0.704. The predicted molar refractivity (Wildman–Crippen MR) is 66.8 cm³/mol. The number of rotatable bonds is 2. The van der Waals surface area contributed by atoms with Crippen LogP contribution in [0.3, 0.4) is 0 Å². The van der Waals surface area contributed by atoms with Crippen LogP contribution in [0.2, 0.25) is 0 Å². The van der Waals surface area contributed by atoms with Crippen molar-refractivity contribution >= 4 is 17.5 Å². The minimum absolute atomic E-state index is 0.0656. The van der Waals surface area contributed by atoms with Crippen LogP contribution >= 0.6 is 0 Å². The molecule has 0 radical (unpaired) electrons. The number of aromatic nitrogens is 6. The number of fused-ring (bicyclic) bond motifs is 1. The zero-order chi connectivity index (χ0) is 13.4. The molecule has 0 bridgehead atoms. The third-order valence-electron chi connectivity index (χ3n) is 2.57. The zero-order valence-corrected chi connectivity index (χ0v) is 10.4. The Hall–Kier alpha value is -2.77. The summed E-state index contributed by atoms with van der Waals surface area (Å²) in [6.07, 6.45) is 1.54. The van der Waals surface area contributed by atoms with Crippen LogP contribution in [0.4, 0.5) is 5.82 Å². The van der Waals surface area contributed by atoms with Crippen molar-refractivity contribution in [3.05, 3.63) is 35.5 Å². The highest BCUT2D eigenvalue weighted by Gasteiger charge is 2.15. The van der Waals surface area contributed by atoms with E-state index in [-0.39, 0.29) is 5.82 Å². The first-order valence-electron chi connectivity index (χ1n) is 5.65. The van der Waals surface area contributed by atoms with Gasteiger partial charge in [-0.2, -0.15) is 10.1 Å². The van der Waals surface area contributed by atoms with E-state index in [9.17, 15) is 4.79 Å². The molecular weight excluding hydrogens is 246 g/mol. The van der Waals surface area contributed by atoms with Crippen molar-refractivity contribution in [2.24, 2.45) is 0 Å². The summed E-state index contributed by atoms with van der Waals surface area (Å²) in [5.41, 5.74) is 1.70. The van der Waals surface area contributed by atoms with Gasteiger partial charge in [0.25, 0.3) is 11.7 Å². The number of aryl methyl sites for hydroxylation is 2. The standard InChI is InChI=1S/C11H11N7O/c1-6-5-7(2)18-11(13-6)15-9(17-18)10(19)14-8-3-4-12-16-8/h3-5H,1-2H3,(H2,12,14,16,19). The lowest BCUT2D eigenvalue weighted by atomic mass is 10.4. The number of nitrogens with zero attached hydrogens (tertiary/aromatic N) is 5. The second-order valence-electron chi connectivity index (χ2n) is 4.11. The molecule has 96 valence electrons. The first kappa shape index (κ1) is 11.3. The number of amides is 1. The van der Waals surface area contributed by atoms with Gasteiger partial charge < -0.3 is 5.32 Å². The SMILES string of the molecule is Cc1cc(C)n2nc(C(=O)Nc3ccn[nH]3)nc2n1. The summed E-state index contributed by atoms with van der Waals surface area (Å²) < 4.78 is 1.54. The Labute approximate surface area is 107 Å². The lowest BCUT2D eigenvalue weighted by molar-refractivity contribution is 0.101. The molecule has 8 heteroatoms. The van der Waals surface area contributed by atoms with E-state index in [1.807, 2.05) is 19.9 Å². The molecule has 0 spiro atoms. The number of hydrogen-bond donors (Lipinski definition) is 2. The Morgan fingerprint density at radius 3 is 2.95 bits per heavy atom. The van der Waals surface area contributed by atoms with E-state index in [2.05, 4.69) is 30.6 Å². The molecule has 0 aliphatic rings. The lowest BCUT2D eigenvalue weighted by Gasteiger charge is -1.97. The first-order chi connectivity index (χ1) is 9.13. The van der Waals surface area contributed by atoms with Gasteiger partial charge in [0.05, 0.1) is 6.20 Å². The molecule has 0 unspecified atom stereocenters. The van der Waals surface area contributed by atoms with E-state index >= 15 is 0 Å². The van der Waals surface area contributed by atoms with E-state index in [0.717, 1.165) is 11.4 Å². The van der Waals surface area contributed by atoms with Gasteiger partial charge in [-0.05, 0) is 19.9 Å². The van der Waals surface area contributed by atoms with E-state index < -0.39 is 5.91 Å². The summed E-state index contributed by atoms with van der Waals surface area (Å²) in [6.45, 7) is 3.75. The summed E-state index contributed by atoms with van der Waals surface area (Å²) >= 11 is 0. The number of anilines is 1. The summed E-state index contributed by atoms with van der Waals surface area (Å²) in [4.78, 5) is 20.3. The molecule has 0 aliphatic carbocycles. The Kier molecular flexibility index (Phi) is 2.48. The highest BCUT2D eigenvalue weighted by Crippen LogP contribution is 2.07. The van der Waals surface area contributed by atoms with Crippen LogP contribution in [0.25, 0.3) is 5.78 Å². The molecule has 0 fully saturated rings. The normalized spacial score (nSPS) is 10.8. The van der Waals surface area contributed by atoms with Gasteiger partial charge >= 0.3 is 0 Å². The van der Waals surface area contributed by atoms with Gasteiger partial charge in [-0.1, -0.05) is 0 Å². The third kappa shape index (κ3) is 2.03. The molecular formula is C11H11N7O. The lowest BCUT2D eigenvalue weighted by Crippen LogP contribution is -2.14. The Morgan fingerprint density at radius 2 is 2.21 bits per heavy atom. The second-order valence-corrected chi connectivity index (χ2v) is 4.11. The molecule has 3 aromatic heterocycles. The third-order valence-corrected chi connectivity index (χ3v) is 2.57. The smallest absolute Gasteiger partial charge is 0.296 e. The molecule has 19 heavy (non-hydrogen) atoms. The number of aromatic amines is 1. The van der Waals surface area contributed by atoms with Crippen molar-refractivity contribution in [1.82, 2.24) is 29.8 Å². The maximum absolute atomic E-state index is 12.0. The molecule has 8 nitrogen and oxygen atoms in total. The van der Waals surface area contributed by atoms with Crippen LogP contribution in [0, 0.1) is 13.8 Å². The molecule has 0 atom stereocenters. The van der Waals surface area contributed by atoms with Crippen LogP contribution in [-0.2, 0) is 0 Å². The maximum Gasteiger partial charge on any atom is 0.296 e. The van der Waals surface area contributed by atoms with Gasteiger partial charge in [0.2, 0.25) is 5.82 Å². The molecule has 1 amide bonds. The Balaban J connectivity index is 1.97. The molecule has 3 aromatic rings. The first-order valence-corrected chi connectivity index (χ1v) is 5.65. The van der Waals surface area contributed by atoms with Crippen LogP contribution < -0.4 is 5.32 Å². The maximum atomic E-state index is 12.0. The summed E-state index contributed by atoms with van der Waals surface area (Å²) in [5.74, 6) is 0.555. The molecule has 0 saturated carbocycles. The van der Waals surface area contributed by atoms with Crippen molar-refractivity contribution < 1.29 is 4.79 Å². The second kappa shape index (κ2) is 4.16. The van der Waals surface area contributed by atoms with Gasteiger partial charge in [-0.15, -0.1) is 5.10 Å². The summed E-state index contributed by atoms with van der Waals surface area (Å²) in [5, 5.41) is 13.1. The van der Waals surface area contributed by atoms with E-state index in [0.29, 0.717) is 11.6 Å². The average Bonchev–Trinajstić information content (AvgIpc) is 2.97. The molecule has 0 saturated heterocycles. The van der Waals surface area contributed by atoms with E-state index in [4.69, 9.17) is 0 Å². The van der Waals surface area contributed by atoms with Crippen LogP contribution in [0.15, 0.2) is 18.3 Å². The Bertz CT molecular complexity index is 744. The van der Waals surface area contributed by atoms with Crippen molar-refractivity contribution in [2.75, 3.05) is 5.32 Å². The number of nitrogens with one attached hydrogen (secondary N) is 2. The summed E-state index contributed by atoms with van der Waals surface area (Å²) in [7, 11) is 0. The highest BCUT2D eigenvalue weighted by atomic mass is 16.2. The summed E-state index contributed by atoms with van der Waals surface area (Å²) in [6, 6.07) is 3.51. The van der Waals surface area contributed by atoms with Gasteiger partial charge in [0.15, 0.2) is 0 Å². The van der Waals surface area contributed by atoms with Crippen LogP contribution in [0.5, 0.6) is 0 Å². The number of carbonyl (C=O) groups is 1. The van der Waals surface area contributed by atoms with Crippen molar-refractivity contribution in [2.45, 2.75) is 13.8 Å². The molecule has 2 N–H and O–H groups in total. The number of hydrogen-bond acceptors (Lipinski definition) is 5. The van der Waals surface area contributed by atoms with Crippen molar-refractivity contribution in [3.8, 4) is 0 Å². The van der Waals surface area contributed by atoms with Gasteiger partial charge in [-0.25, -0.2) is 9.50 Å². The molecule has 3 rings (SSSR count). The largest absolute Gasteiger partial charge is 0.304 e. The topological polar surface area (TPSA) is 101 Å². The zero-order valence-electron chi connectivity index (χ0n) is 10.4. The van der Waals surface area contributed by atoms with Gasteiger partial charge in [0.1, 0.15) is 5.82 Å². The molecule has 3 heterocycles. The molecule has 0 aromatic carbocycles. The fraction of sp³-hybridized carbons (Fsp3) is 0.182. The van der Waals surface area contributed by atoms with Crippen molar-refractivity contribution in [1.29, 1.82) is 0 Å². The molecule has 0 aliphatic heterocycles. The van der Waals surface area contributed by atoms with Crippen molar-refractivity contribution in [3.63, 3.8) is 0 Å². The predicted octanol–water partition coefficient (Wildman–Crippen LogP) is 0.717. The van der Waals surface area contributed by atoms with Crippen LogP contribution in [0.1, 0.15) is 22.0 Å². The number of H-pyrrole nitrogens is 1. The fourth-order valence-electron chi connectivity index (χ4n) is 1.77. The van der Waals surface area contributed by atoms with Gasteiger partial charge in [0, 0.05) is 17.5 Å². The fourth-order valence-corrected chi connectivity index (χ4v) is 1.77. The van der Waals surface area contributed by atoms with E-state index in [1.54, 1.807) is 12.3 Å². The van der Waals surface area contributed by atoms with Crippen LogP contribution in [-0.4, -0.2) is 35.7 Å². The average molecular weight is 257 g/mol. The van der Waals surface area contributed by atoms with Gasteiger partial charge in [-0.3, -0.25) is 9.89 Å². The minimum atomic E-state index is -0.410. The monoisotopic (exact) mass is 257 g/mol.